The molecule has 1 fully saturated rings. The summed E-state index contributed by atoms with van der Waals surface area (Å²) in [6.45, 7) is 2.16. The van der Waals surface area contributed by atoms with E-state index in [-0.39, 0.29) is 36.6 Å². The topological polar surface area (TPSA) is 49.4 Å². The minimum atomic E-state index is -0.323. The molecule has 96 valence electrons. The van der Waals surface area contributed by atoms with Gasteiger partial charge in [0.05, 0.1) is 6.54 Å². The van der Waals surface area contributed by atoms with Gasteiger partial charge >= 0.3 is 0 Å². The van der Waals surface area contributed by atoms with Gasteiger partial charge in [0.2, 0.25) is 11.8 Å². The molecule has 0 radical (unpaired) electrons. The van der Waals surface area contributed by atoms with E-state index in [1.165, 1.54) is 12.1 Å². The van der Waals surface area contributed by atoms with Crippen LogP contribution >= 0.6 is 0 Å². The largest absolute Gasteiger partial charge is 0.347 e. The second-order valence-corrected chi connectivity index (χ2v) is 4.48. The number of benzene rings is 1. The lowest BCUT2D eigenvalue weighted by atomic mass is 10.1. The van der Waals surface area contributed by atoms with Gasteiger partial charge in [-0.05, 0) is 24.6 Å². The standard InChI is InChI=1S/C13H15FN2O2/c1-9-5-12(17)15-7-13(18)16(9)8-10-3-2-4-11(14)6-10/h2-4,6,9H,5,7-8H2,1H3,(H,15,17). The molecule has 2 rings (SSSR count). The van der Waals surface area contributed by atoms with Gasteiger partial charge in [0.15, 0.2) is 0 Å². The number of hydrogen-bond acceptors (Lipinski definition) is 2. The van der Waals surface area contributed by atoms with Crippen molar-refractivity contribution in [3.8, 4) is 0 Å². The van der Waals surface area contributed by atoms with E-state index >= 15 is 0 Å². The van der Waals surface area contributed by atoms with Gasteiger partial charge in [0.1, 0.15) is 5.82 Å². The van der Waals surface area contributed by atoms with Crippen molar-refractivity contribution in [2.24, 2.45) is 0 Å². The van der Waals surface area contributed by atoms with Crippen LogP contribution in [0.3, 0.4) is 0 Å². The fourth-order valence-electron chi connectivity index (χ4n) is 2.05. The van der Waals surface area contributed by atoms with Crippen molar-refractivity contribution in [3.05, 3.63) is 35.6 Å². The fraction of sp³-hybridized carbons (Fsp3) is 0.385. The van der Waals surface area contributed by atoms with E-state index in [2.05, 4.69) is 5.32 Å². The zero-order chi connectivity index (χ0) is 13.1. The molecular formula is C13H15FN2O2. The third-order valence-electron chi connectivity index (χ3n) is 3.01. The molecule has 0 saturated carbocycles. The Morgan fingerprint density at radius 3 is 2.94 bits per heavy atom. The van der Waals surface area contributed by atoms with Gasteiger partial charge in [-0.15, -0.1) is 0 Å². The zero-order valence-corrected chi connectivity index (χ0v) is 10.1. The monoisotopic (exact) mass is 250 g/mol. The molecule has 5 heteroatoms. The third kappa shape index (κ3) is 2.85. The first-order valence-corrected chi connectivity index (χ1v) is 5.87. The lowest BCUT2D eigenvalue weighted by Crippen LogP contribution is -2.39. The summed E-state index contributed by atoms with van der Waals surface area (Å²) in [5.74, 6) is -0.591. The number of carbonyl (C=O) groups is 2. The smallest absolute Gasteiger partial charge is 0.242 e. The summed E-state index contributed by atoms with van der Waals surface area (Å²) in [6, 6.07) is 5.97. The molecule has 0 bridgehead atoms. The van der Waals surface area contributed by atoms with Gasteiger partial charge in [0, 0.05) is 19.0 Å². The van der Waals surface area contributed by atoms with E-state index in [0.717, 1.165) is 5.56 Å². The molecular weight excluding hydrogens is 235 g/mol. The Kier molecular flexibility index (Phi) is 3.60. The number of hydrogen-bond donors (Lipinski definition) is 1. The lowest BCUT2D eigenvalue weighted by Gasteiger charge is -2.26. The van der Waals surface area contributed by atoms with E-state index < -0.39 is 0 Å². The first-order chi connectivity index (χ1) is 8.56. The summed E-state index contributed by atoms with van der Waals surface area (Å²) in [7, 11) is 0. The Morgan fingerprint density at radius 1 is 1.44 bits per heavy atom. The first-order valence-electron chi connectivity index (χ1n) is 5.87. The second kappa shape index (κ2) is 5.16. The molecule has 0 spiro atoms. The minimum Gasteiger partial charge on any atom is -0.347 e. The summed E-state index contributed by atoms with van der Waals surface area (Å²) in [5, 5.41) is 2.55. The zero-order valence-electron chi connectivity index (χ0n) is 10.1. The molecule has 1 aliphatic heterocycles. The number of nitrogens with one attached hydrogen (secondary N) is 1. The van der Waals surface area contributed by atoms with Gasteiger partial charge in [0.25, 0.3) is 0 Å². The molecule has 1 atom stereocenters. The summed E-state index contributed by atoms with van der Waals surface area (Å²) in [4.78, 5) is 24.8. The van der Waals surface area contributed by atoms with Crippen molar-refractivity contribution in [1.29, 1.82) is 0 Å². The van der Waals surface area contributed by atoms with Gasteiger partial charge in [-0.25, -0.2) is 4.39 Å². The van der Waals surface area contributed by atoms with Crippen molar-refractivity contribution in [3.63, 3.8) is 0 Å². The molecule has 1 heterocycles. The van der Waals surface area contributed by atoms with Crippen LogP contribution in [0.1, 0.15) is 18.9 Å². The molecule has 0 aliphatic carbocycles. The van der Waals surface area contributed by atoms with Crippen molar-refractivity contribution < 1.29 is 14.0 Å². The second-order valence-electron chi connectivity index (χ2n) is 4.48. The summed E-state index contributed by atoms with van der Waals surface area (Å²) in [5.41, 5.74) is 0.726. The number of nitrogens with zero attached hydrogens (tertiary/aromatic N) is 1. The Hall–Kier alpha value is -1.91. The third-order valence-corrected chi connectivity index (χ3v) is 3.01. The molecule has 0 aromatic heterocycles. The Balaban J connectivity index is 2.15. The van der Waals surface area contributed by atoms with Crippen LogP contribution in [0.4, 0.5) is 4.39 Å². The van der Waals surface area contributed by atoms with Crippen LogP contribution < -0.4 is 5.32 Å². The highest BCUT2D eigenvalue weighted by atomic mass is 19.1. The minimum absolute atomic E-state index is 0.0124. The highest BCUT2D eigenvalue weighted by Crippen LogP contribution is 2.14. The molecule has 1 unspecified atom stereocenters. The Labute approximate surface area is 105 Å². The molecule has 18 heavy (non-hydrogen) atoms. The predicted molar refractivity (Wildman–Crippen MR) is 64.0 cm³/mol. The van der Waals surface area contributed by atoms with Crippen LogP contribution in [-0.4, -0.2) is 29.3 Å². The maximum Gasteiger partial charge on any atom is 0.242 e. The van der Waals surface area contributed by atoms with Crippen LogP contribution in [0.15, 0.2) is 24.3 Å². The highest BCUT2D eigenvalue weighted by molar-refractivity contribution is 5.87. The van der Waals surface area contributed by atoms with Gasteiger partial charge in [-0.2, -0.15) is 0 Å². The molecule has 1 aromatic rings. The molecule has 4 nitrogen and oxygen atoms in total. The number of halogens is 1. The van der Waals surface area contributed by atoms with E-state index in [0.29, 0.717) is 6.54 Å². The van der Waals surface area contributed by atoms with Crippen LogP contribution in [0, 0.1) is 5.82 Å². The fourth-order valence-corrected chi connectivity index (χ4v) is 2.05. The van der Waals surface area contributed by atoms with Gasteiger partial charge in [-0.3, -0.25) is 9.59 Å². The predicted octanol–water partition coefficient (Wildman–Crippen LogP) is 1.06. The lowest BCUT2D eigenvalue weighted by molar-refractivity contribution is -0.132. The van der Waals surface area contributed by atoms with Crippen molar-refractivity contribution in [2.75, 3.05) is 6.54 Å². The van der Waals surface area contributed by atoms with E-state index in [9.17, 15) is 14.0 Å². The van der Waals surface area contributed by atoms with E-state index in [1.54, 1.807) is 17.0 Å². The molecule has 1 N–H and O–H groups in total. The van der Waals surface area contributed by atoms with Crippen LogP contribution in [0.2, 0.25) is 0 Å². The summed E-state index contributed by atoms with van der Waals surface area (Å²) < 4.78 is 13.1. The maximum absolute atomic E-state index is 13.1. The van der Waals surface area contributed by atoms with Crippen molar-refractivity contribution in [2.45, 2.75) is 25.9 Å². The maximum atomic E-state index is 13.1. The average molecular weight is 250 g/mol. The van der Waals surface area contributed by atoms with Crippen molar-refractivity contribution in [1.82, 2.24) is 10.2 Å². The number of carbonyl (C=O) groups excluding carboxylic acids is 2. The average Bonchev–Trinajstić information content (AvgIpc) is 2.43. The molecule has 1 aliphatic rings. The van der Waals surface area contributed by atoms with Crippen LogP contribution in [0.25, 0.3) is 0 Å². The number of rotatable bonds is 2. The van der Waals surface area contributed by atoms with E-state index in [4.69, 9.17) is 0 Å². The van der Waals surface area contributed by atoms with E-state index in [1.807, 2.05) is 6.92 Å². The summed E-state index contributed by atoms with van der Waals surface area (Å²) >= 11 is 0. The quantitative estimate of drug-likeness (QED) is 0.853. The summed E-state index contributed by atoms with van der Waals surface area (Å²) in [6.07, 6.45) is 0.279. The SMILES string of the molecule is CC1CC(=O)NCC(=O)N1Cc1cccc(F)c1. The first kappa shape index (κ1) is 12.5. The van der Waals surface area contributed by atoms with Crippen molar-refractivity contribution >= 4 is 11.8 Å². The van der Waals surface area contributed by atoms with Crippen LogP contribution in [0.5, 0.6) is 0 Å². The van der Waals surface area contributed by atoms with Crippen LogP contribution in [-0.2, 0) is 16.1 Å². The molecule has 2 amide bonds. The van der Waals surface area contributed by atoms with Gasteiger partial charge < -0.3 is 10.2 Å². The highest BCUT2D eigenvalue weighted by Gasteiger charge is 2.26. The molecule has 1 aromatic carbocycles. The normalized spacial score (nSPS) is 20.6. The van der Waals surface area contributed by atoms with Gasteiger partial charge in [-0.1, -0.05) is 12.1 Å². The molecule has 1 saturated heterocycles. The Bertz CT molecular complexity index is 476. The number of amides is 2. The Morgan fingerprint density at radius 2 is 2.22 bits per heavy atom.